The van der Waals surface area contributed by atoms with E-state index in [0.29, 0.717) is 17.3 Å². The number of alkyl halides is 2. The van der Waals surface area contributed by atoms with E-state index in [1.807, 2.05) is 6.07 Å². The van der Waals surface area contributed by atoms with Gasteiger partial charge in [-0.3, -0.25) is 9.78 Å². The summed E-state index contributed by atoms with van der Waals surface area (Å²) in [6, 6.07) is 8.25. The lowest BCUT2D eigenvalue weighted by Gasteiger charge is -2.12. The van der Waals surface area contributed by atoms with Crippen LogP contribution >= 0.6 is 0 Å². The van der Waals surface area contributed by atoms with Crippen LogP contribution in [-0.2, 0) is 4.79 Å². The third-order valence-electron chi connectivity index (χ3n) is 4.48. The van der Waals surface area contributed by atoms with Gasteiger partial charge in [0.1, 0.15) is 11.7 Å². The molecule has 2 saturated carbocycles. The lowest BCUT2D eigenvalue weighted by molar-refractivity contribution is -0.119. The number of anilines is 1. The number of benzene rings is 1. The van der Waals surface area contributed by atoms with Gasteiger partial charge in [-0.05, 0) is 48.6 Å². The summed E-state index contributed by atoms with van der Waals surface area (Å²) in [4.78, 5) is 16.0. The Labute approximate surface area is 136 Å². The molecule has 1 atom stereocenters. The highest BCUT2D eigenvalue weighted by molar-refractivity contribution is 5.96. The third-order valence-corrected chi connectivity index (χ3v) is 4.48. The molecule has 2 aliphatic rings. The molecule has 24 heavy (non-hydrogen) atoms. The minimum atomic E-state index is -2.89. The highest BCUT2D eigenvalue weighted by Crippen LogP contribution is 2.49. The average Bonchev–Trinajstić information content (AvgIpc) is 3.45. The molecule has 2 aromatic rings. The first kappa shape index (κ1) is 15.2. The first-order valence-electron chi connectivity index (χ1n) is 7.88. The molecule has 0 unspecified atom stereocenters. The molecule has 2 aliphatic carbocycles. The molecule has 0 radical (unpaired) electrons. The van der Waals surface area contributed by atoms with E-state index in [1.165, 1.54) is 6.07 Å². The van der Waals surface area contributed by atoms with Crippen LogP contribution in [0.5, 0.6) is 0 Å². The van der Waals surface area contributed by atoms with Crippen LogP contribution in [0.2, 0.25) is 0 Å². The zero-order chi connectivity index (χ0) is 16.9. The Hall–Kier alpha value is -2.37. The van der Waals surface area contributed by atoms with E-state index in [9.17, 15) is 18.0 Å². The Morgan fingerprint density at radius 3 is 2.54 bits per heavy atom. The summed E-state index contributed by atoms with van der Waals surface area (Å²) in [6.07, 6.45) is 2.90. The average molecular weight is 332 g/mol. The van der Waals surface area contributed by atoms with Crippen LogP contribution in [0.4, 0.5) is 18.9 Å². The van der Waals surface area contributed by atoms with Gasteiger partial charge in [-0.15, -0.1) is 0 Å². The fourth-order valence-electron chi connectivity index (χ4n) is 2.87. The molecule has 0 saturated heterocycles. The number of carbonyl (C=O) groups excluding carboxylic acids is 1. The molecule has 2 fully saturated rings. The maximum atomic E-state index is 13.1. The predicted octanol–water partition coefficient (Wildman–Crippen LogP) is 4.36. The van der Waals surface area contributed by atoms with Gasteiger partial charge in [-0.25, -0.2) is 13.2 Å². The molecule has 1 amide bonds. The number of hydrogen-bond acceptors (Lipinski definition) is 2. The topological polar surface area (TPSA) is 42.0 Å². The third kappa shape index (κ3) is 2.88. The van der Waals surface area contributed by atoms with Gasteiger partial charge in [0.25, 0.3) is 5.92 Å². The Morgan fingerprint density at radius 1 is 1.21 bits per heavy atom. The van der Waals surface area contributed by atoms with E-state index >= 15 is 0 Å². The summed E-state index contributed by atoms with van der Waals surface area (Å²) in [5.74, 6) is -4.79. The van der Waals surface area contributed by atoms with Gasteiger partial charge in [0.15, 0.2) is 0 Å². The largest absolute Gasteiger partial charge is 0.326 e. The summed E-state index contributed by atoms with van der Waals surface area (Å²) < 4.78 is 39.1. The summed E-state index contributed by atoms with van der Waals surface area (Å²) in [7, 11) is 0. The number of pyridine rings is 1. The van der Waals surface area contributed by atoms with Crippen molar-refractivity contribution in [1.82, 2.24) is 4.98 Å². The fraction of sp³-hybridized carbons (Fsp3) is 0.333. The first-order valence-corrected chi connectivity index (χ1v) is 7.88. The first-order chi connectivity index (χ1) is 11.4. The second-order valence-corrected chi connectivity index (χ2v) is 6.44. The normalized spacial score (nSPS) is 21.4. The van der Waals surface area contributed by atoms with Crippen LogP contribution in [-0.4, -0.2) is 16.8 Å². The highest BCUT2D eigenvalue weighted by atomic mass is 19.3. The SMILES string of the molecule is O=C(Nc1ccc(C2CC2)c(-c2ccc(F)cn2)c1)[C@@H]1CC1(F)F. The van der Waals surface area contributed by atoms with Crippen molar-refractivity contribution in [2.45, 2.75) is 31.1 Å². The lowest BCUT2D eigenvalue weighted by Crippen LogP contribution is -2.17. The zero-order valence-corrected chi connectivity index (χ0v) is 12.7. The minimum Gasteiger partial charge on any atom is -0.326 e. The molecule has 1 N–H and O–H groups in total. The van der Waals surface area contributed by atoms with E-state index in [-0.39, 0.29) is 0 Å². The molecular formula is C18H15F3N2O. The maximum absolute atomic E-state index is 13.1. The quantitative estimate of drug-likeness (QED) is 0.904. The Kier molecular flexibility index (Phi) is 3.37. The summed E-state index contributed by atoms with van der Waals surface area (Å²) in [5, 5.41) is 2.55. The molecule has 0 bridgehead atoms. The lowest BCUT2D eigenvalue weighted by atomic mass is 9.99. The van der Waals surface area contributed by atoms with E-state index in [0.717, 1.165) is 30.2 Å². The number of nitrogens with zero attached hydrogens (tertiary/aromatic N) is 1. The molecule has 1 aromatic heterocycles. The Bertz CT molecular complexity index is 800. The van der Waals surface area contributed by atoms with Crippen LogP contribution < -0.4 is 5.32 Å². The number of hydrogen-bond donors (Lipinski definition) is 1. The summed E-state index contributed by atoms with van der Waals surface area (Å²) >= 11 is 0. The van der Waals surface area contributed by atoms with E-state index in [2.05, 4.69) is 10.3 Å². The van der Waals surface area contributed by atoms with Gasteiger partial charge in [0.2, 0.25) is 5.91 Å². The van der Waals surface area contributed by atoms with E-state index in [1.54, 1.807) is 18.2 Å². The molecule has 6 heteroatoms. The fourth-order valence-corrected chi connectivity index (χ4v) is 2.87. The molecule has 0 spiro atoms. The van der Waals surface area contributed by atoms with Gasteiger partial charge in [0.05, 0.1) is 11.9 Å². The zero-order valence-electron chi connectivity index (χ0n) is 12.7. The van der Waals surface area contributed by atoms with Crippen molar-refractivity contribution in [3.8, 4) is 11.3 Å². The molecular weight excluding hydrogens is 317 g/mol. The van der Waals surface area contributed by atoms with Crippen LogP contribution in [0.25, 0.3) is 11.3 Å². The van der Waals surface area contributed by atoms with E-state index in [4.69, 9.17) is 0 Å². The van der Waals surface area contributed by atoms with Gasteiger partial charge in [-0.2, -0.15) is 0 Å². The molecule has 124 valence electrons. The van der Waals surface area contributed by atoms with Crippen molar-refractivity contribution in [3.63, 3.8) is 0 Å². The molecule has 1 aromatic carbocycles. The summed E-state index contributed by atoms with van der Waals surface area (Å²) in [5.41, 5.74) is 2.95. The van der Waals surface area contributed by atoms with Crippen molar-refractivity contribution < 1.29 is 18.0 Å². The van der Waals surface area contributed by atoms with Crippen LogP contribution in [0.3, 0.4) is 0 Å². The minimum absolute atomic E-state index is 0.397. The molecule has 3 nitrogen and oxygen atoms in total. The number of rotatable bonds is 4. The van der Waals surface area contributed by atoms with Crippen molar-refractivity contribution in [2.24, 2.45) is 5.92 Å². The number of halogens is 3. The van der Waals surface area contributed by atoms with Gasteiger partial charge >= 0.3 is 0 Å². The Balaban J connectivity index is 1.64. The van der Waals surface area contributed by atoms with Crippen LogP contribution in [0, 0.1) is 11.7 Å². The van der Waals surface area contributed by atoms with Crippen LogP contribution in [0.15, 0.2) is 36.5 Å². The number of nitrogens with one attached hydrogen (secondary N) is 1. The van der Waals surface area contributed by atoms with Gasteiger partial charge in [0, 0.05) is 17.7 Å². The maximum Gasteiger partial charge on any atom is 0.260 e. The molecule has 1 heterocycles. The number of carbonyl (C=O) groups is 1. The standard InChI is InChI=1S/C18H15F3N2O/c19-11-3-6-16(22-9-11)14-7-12(4-5-13(14)10-1-2-10)23-17(24)15-8-18(15,20)21/h3-7,9-10,15H,1-2,8H2,(H,23,24)/t15-/m0/s1. The predicted molar refractivity (Wildman–Crippen MR) is 83.3 cm³/mol. The van der Waals surface area contributed by atoms with E-state index < -0.39 is 30.0 Å². The van der Waals surface area contributed by atoms with Gasteiger partial charge in [-0.1, -0.05) is 6.07 Å². The highest BCUT2D eigenvalue weighted by Gasteiger charge is 2.61. The Morgan fingerprint density at radius 2 is 1.96 bits per heavy atom. The molecule has 4 rings (SSSR count). The second kappa shape index (κ2) is 5.33. The molecule has 0 aliphatic heterocycles. The number of amides is 1. The smallest absolute Gasteiger partial charge is 0.260 e. The van der Waals surface area contributed by atoms with Gasteiger partial charge < -0.3 is 5.32 Å². The van der Waals surface area contributed by atoms with Crippen molar-refractivity contribution in [2.75, 3.05) is 5.32 Å². The summed E-state index contributed by atoms with van der Waals surface area (Å²) in [6.45, 7) is 0. The monoisotopic (exact) mass is 332 g/mol. The van der Waals surface area contributed by atoms with Crippen molar-refractivity contribution in [1.29, 1.82) is 0 Å². The van der Waals surface area contributed by atoms with Crippen molar-refractivity contribution >= 4 is 11.6 Å². The van der Waals surface area contributed by atoms with Crippen LogP contribution in [0.1, 0.15) is 30.7 Å². The van der Waals surface area contributed by atoms with Crippen molar-refractivity contribution in [3.05, 3.63) is 47.9 Å². The number of aromatic nitrogens is 1. The second-order valence-electron chi connectivity index (χ2n) is 6.44.